The van der Waals surface area contributed by atoms with Crippen molar-refractivity contribution >= 4 is 40.5 Å². The van der Waals surface area contributed by atoms with Crippen molar-refractivity contribution in [2.45, 2.75) is 31.1 Å². The topological polar surface area (TPSA) is 70.0 Å². The molecule has 1 heterocycles. The Morgan fingerprint density at radius 1 is 1.67 bits per heavy atom. The van der Waals surface area contributed by atoms with Crippen LogP contribution in [0, 0.1) is 0 Å². The van der Waals surface area contributed by atoms with Crippen LogP contribution in [0.15, 0.2) is 5.10 Å². The molecular weight excluding hydrogens is 236 g/mol. The number of amides is 1. The Labute approximate surface area is 96.7 Å². The normalized spacial score (nSPS) is 20.7. The van der Waals surface area contributed by atoms with Gasteiger partial charge in [0.15, 0.2) is 6.04 Å². The number of carbonyl (C=O) groups is 2. The predicted molar refractivity (Wildman–Crippen MR) is 62.0 cm³/mol. The number of rotatable bonds is 3. The summed E-state index contributed by atoms with van der Waals surface area (Å²) in [4.78, 5) is 22.7. The lowest BCUT2D eigenvalue weighted by molar-refractivity contribution is -0.149. The Hall–Kier alpha value is -0.690. The summed E-state index contributed by atoms with van der Waals surface area (Å²) in [5.74, 6) is -1.38. The molecule has 0 spiro atoms. The third-order valence-electron chi connectivity index (χ3n) is 2.07. The van der Waals surface area contributed by atoms with Gasteiger partial charge in [-0.15, -0.1) is 11.7 Å². The molecule has 84 valence electrons. The largest absolute Gasteiger partial charge is 0.480 e. The van der Waals surface area contributed by atoms with Crippen LogP contribution in [0.25, 0.3) is 0 Å². The van der Waals surface area contributed by atoms with Crippen molar-refractivity contribution in [1.82, 2.24) is 5.01 Å². The van der Waals surface area contributed by atoms with Gasteiger partial charge in [0.05, 0.1) is 0 Å². The monoisotopic (exact) mass is 248 g/mol. The number of hydrogen-bond donors (Lipinski definition) is 2. The number of thiol groups is 1. The second kappa shape index (κ2) is 4.44. The van der Waals surface area contributed by atoms with Crippen molar-refractivity contribution in [3.8, 4) is 0 Å². The van der Waals surface area contributed by atoms with E-state index in [0.717, 1.165) is 15.8 Å². The summed E-state index contributed by atoms with van der Waals surface area (Å²) >= 11 is 3.98. The van der Waals surface area contributed by atoms with Gasteiger partial charge < -0.3 is 5.11 Å². The minimum atomic E-state index is -1.04. The third-order valence-corrected chi connectivity index (χ3v) is 4.07. The Kier molecular flexibility index (Phi) is 3.67. The zero-order valence-electron chi connectivity index (χ0n) is 8.38. The van der Waals surface area contributed by atoms with Crippen LogP contribution in [-0.4, -0.2) is 39.0 Å². The van der Waals surface area contributed by atoms with E-state index in [1.54, 1.807) is 13.8 Å². The molecule has 0 fully saturated rings. The standard InChI is InChI=1S/C8H12N2O3S2/c1-8(2,15-14)7(13)10-5(6(11)12)3-4-9-10/h4-5,14H,3H2,1-2H3,(H,11,12). The molecular formula is C8H12N2O3S2. The smallest absolute Gasteiger partial charge is 0.329 e. The third kappa shape index (κ3) is 2.46. The maximum absolute atomic E-state index is 11.9. The van der Waals surface area contributed by atoms with Gasteiger partial charge in [-0.2, -0.15) is 5.10 Å². The summed E-state index contributed by atoms with van der Waals surface area (Å²) in [6.45, 7) is 3.36. The van der Waals surface area contributed by atoms with Crippen LogP contribution >= 0.6 is 22.5 Å². The number of carboxylic acid groups (broad SMARTS) is 1. The summed E-state index contributed by atoms with van der Waals surface area (Å²) in [5, 5.41) is 13.7. The molecule has 0 saturated heterocycles. The van der Waals surface area contributed by atoms with Crippen LogP contribution in [0.1, 0.15) is 20.3 Å². The quantitative estimate of drug-likeness (QED) is 0.578. The van der Waals surface area contributed by atoms with E-state index in [1.807, 2.05) is 0 Å². The van der Waals surface area contributed by atoms with Crippen LogP contribution in [0.5, 0.6) is 0 Å². The molecule has 5 nitrogen and oxygen atoms in total. The van der Waals surface area contributed by atoms with Crippen molar-refractivity contribution in [2.75, 3.05) is 0 Å². The van der Waals surface area contributed by atoms with Gasteiger partial charge in [-0.1, -0.05) is 10.8 Å². The fourth-order valence-electron chi connectivity index (χ4n) is 1.13. The lowest BCUT2D eigenvalue weighted by Crippen LogP contribution is -2.46. The van der Waals surface area contributed by atoms with Crippen molar-refractivity contribution in [1.29, 1.82) is 0 Å². The Morgan fingerprint density at radius 3 is 2.73 bits per heavy atom. The van der Waals surface area contributed by atoms with Crippen molar-refractivity contribution < 1.29 is 14.7 Å². The first-order chi connectivity index (χ1) is 6.90. The van der Waals surface area contributed by atoms with Crippen molar-refractivity contribution in [3.63, 3.8) is 0 Å². The Bertz CT molecular complexity index is 317. The molecule has 0 radical (unpaired) electrons. The van der Waals surface area contributed by atoms with E-state index in [9.17, 15) is 9.59 Å². The fraction of sp³-hybridized carbons (Fsp3) is 0.625. The van der Waals surface area contributed by atoms with Crippen molar-refractivity contribution in [2.24, 2.45) is 5.10 Å². The van der Waals surface area contributed by atoms with Gasteiger partial charge >= 0.3 is 5.97 Å². The molecule has 0 bridgehead atoms. The molecule has 1 atom stereocenters. The molecule has 0 saturated carbocycles. The molecule has 7 heteroatoms. The van der Waals surface area contributed by atoms with E-state index in [-0.39, 0.29) is 12.3 Å². The first-order valence-corrected chi connectivity index (χ1v) is 6.18. The van der Waals surface area contributed by atoms with Crippen LogP contribution in [0.2, 0.25) is 0 Å². The van der Waals surface area contributed by atoms with Gasteiger partial charge in [0.1, 0.15) is 4.75 Å². The number of hydrogen-bond acceptors (Lipinski definition) is 5. The average molecular weight is 248 g/mol. The lowest BCUT2D eigenvalue weighted by atomic mass is 10.1. The lowest BCUT2D eigenvalue weighted by Gasteiger charge is -2.27. The molecule has 1 amide bonds. The number of aliphatic carboxylic acids is 1. The van der Waals surface area contributed by atoms with Crippen LogP contribution < -0.4 is 0 Å². The number of nitrogens with zero attached hydrogens (tertiary/aromatic N) is 2. The zero-order valence-corrected chi connectivity index (χ0v) is 10.1. The predicted octanol–water partition coefficient (Wildman–Crippen LogP) is 1.01. The minimum absolute atomic E-state index is 0.258. The first-order valence-electron chi connectivity index (χ1n) is 4.31. The molecule has 0 aliphatic carbocycles. The highest BCUT2D eigenvalue weighted by Gasteiger charge is 2.40. The van der Waals surface area contributed by atoms with Crippen LogP contribution in [-0.2, 0) is 9.59 Å². The molecule has 1 aliphatic rings. The molecule has 1 rings (SSSR count). The second-order valence-electron chi connectivity index (χ2n) is 3.64. The Balaban J connectivity index is 2.84. The second-order valence-corrected chi connectivity index (χ2v) is 5.39. The SMILES string of the molecule is CC(C)(SS)C(=O)N1N=CCC1C(=O)O. The van der Waals surface area contributed by atoms with Gasteiger partial charge in [0.25, 0.3) is 5.91 Å². The summed E-state index contributed by atoms with van der Waals surface area (Å²) < 4.78 is -0.779. The van der Waals surface area contributed by atoms with E-state index in [0.29, 0.717) is 0 Å². The number of hydrazone groups is 1. The van der Waals surface area contributed by atoms with E-state index in [4.69, 9.17) is 5.11 Å². The summed E-state index contributed by atoms with van der Waals surface area (Å²) in [6, 6.07) is -0.878. The van der Waals surface area contributed by atoms with E-state index in [2.05, 4.69) is 16.8 Å². The van der Waals surface area contributed by atoms with Crippen molar-refractivity contribution in [3.05, 3.63) is 0 Å². The van der Waals surface area contributed by atoms with E-state index < -0.39 is 16.8 Å². The first kappa shape index (κ1) is 12.4. The molecule has 1 N–H and O–H groups in total. The van der Waals surface area contributed by atoms with E-state index >= 15 is 0 Å². The summed E-state index contributed by atoms with van der Waals surface area (Å²) in [5.41, 5.74) is 0. The highest BCUT2D eigenvalue weighted by atomic mass is 33.1. The zero-order chi connectivity index (χ0) is 11.6. The molecule has 1 aliphatic heterocycles. The van der Waals surface area contributed by atoms with Gasteiger partial charge in [0.2, 0.25) is 0 Å². The molecule has 0 aromatic heterocycles. The Morgan fingerprint density at radius 2 is 2.27 bits per heavy atom. The maximum Gasteiger partial charge on any atom is 0.329 e. The van der Waals surface area contributed by atoms with Gasteiger partial charge in [-0.05, 0) is 13.8 Å². The van der Waals surface area contributed by atoms with E-state index in [1.165, 1.54) is 6.21 Å². The molecule has 15 heavy (non-hydrogen) atoms. The molecule has 0 aromatic rings. The van der Waals surface area contributed by atoms with Crippen LogP contribution in [0.4, 0.5) is 0 Å². The summed E-state index contributed by atoms with van der Waals surface area (Å²) in [7, 11) is 1.07. The van der Waals surface area contributed by atoms with Gasteiger partial charge in [0, 0.05) is 12.6 Å². The number of carbonyl (C=O) groups excluding carboxylic acids is 1. The average Bonchev–Trinajstić information content (AvgIpc) is 2.64. The number of carboxylic acids is 1. The van der Waals surface area contributed by atoms with Crippen LogP contribution in [0.3, 0.4) is 0 Å². The van der Waals surface area contributed by atoms with Gasteiger partial charge in [-0.25, -0.2) is 9.80 Å². The van der Waals surface area contributed by atoms with Gasteiger partial charge in [-0.3, -0.25) is 4.79 Å². The highest BCUT2D eigenvalue weighted by molar-refractivity contribution is 8.69. The minimum Gasteiger partial charge on any atom is -0.480 e. The fourth-order valence-corrected chi connectivity index (χ4v) is 1.54. The molecule has 0 aromatic carbocycles. The molecule has 1 unspecified atom stereocenters. The summed E-state index contributed by atoms with van der Waals surface area (Å²) in [6.07, 6.45) is 1.70. The maximum atomic E-state index is 11.9. The highest BCUT2D eigenvalue weighted by Crippen LogP contribution is 2.31.